The smallest absolute Gasteiger partial charge is 0.326 e. The van der Waals surface area contributed by atoms with Gasteiger partial charge in [-0.1, -0.05) is 20.8 Å². The van der Waals surface area contributed by atoms with Gasteiger partial charge in [0.25, 0.3) is 5.91 Å². The van der Waals surface area contributed by atoms with Crippen LogP contribution in [0.1, 0.15) is 31.1 Å². The van der Waals surface area contributed by atoms with Crippen molar-refractivity contribution < 1.29 is 14.7 Å². The van der Waals surface area contributed by atoms with Gasteiger partial charge in [0.2, 0.25) is 0 Å². The minimum atomic E-state index is -1.05. The van der Waals surface area contributed by atoms with Gasteiger partial charge in [0.15, 0.2) is 0 Å². The van der Waals surface area contributed by atoms with Crippen LogP contribution in [-0.2, 0) is 11.8 Å². The molecule has 0 saturated carbocycles. The number of hydrogen-bond acceptors (Lipinski definition) is 3. The van der Waals surface area contributed by atoms with Crippen LogP contribution in [0.3, 0.4) is 0 Å². The first-order valence-corrected chi connectivity index (χ1v) is 5.24. The van der Waals surface area contributed by atoms with E-state index in [2.05, 4.69) is 10.4 Å². The molecule has 1 aromatic rings. The van der Waals surface area contributed by atoms with Crippen molar-refractivity contribution in [3.05, 3.63) is 18.0 Å². The Morgan fingerprint density at radius 3 is 2.41 bits per heavy atom. The van der Waals surface area contributed by atoms with Gasteiger partial charge in [0, 0.05) is 13.2 Å². The maximum absolute atomic E-state index is 11.8. The van der Waals surface area contributed by atoms with Crippen molar-refractivity contribution in [3.8, 4) is 0 Å². The number of nitrogens with zero attached hydrogens (tertiary/aromatic N) is 2. The largest absolute Gasteiger partial charge is 0.480 e. The second-order valence-electron chi connectivity index (χ2n) is 5.01. The zero-order chi connectivity index (χ0) is 13.2. The van der Waals surface area contributed by atoms with E-state index in [1.165, 1.54) is 17.1 Å². The summed E-state index contributed by atoms with van der Waals surface area (Å²) in [5.74, 6) is -1.48. The molecule has 94 valence electrons. The third-order valence-corrected chi connectivity index (χ3v) is 2.36. The summed E-state index contributed by atoms with van der Waals surface area (Å²) in [5, 5.41) is 15.4. The van der Waals surface area contributed by atoms with E-state index in [0.717, 1.165) is 0 Å². The summed E-state index contributed by atoms with van der Waals surface area (Å²) >= 11 is 0. The molecule has 0 bridgehead atoms. The van der Waals surface area contributed by atoms with Crippen molar-refractivity contribution in [2.24, 2.45) is 12.5 Å². The second kappa shape index (κ2) is 4.57. The van der Waals surface area contributed by atoms with Crippen LogP contribution in [0.4, 0.5) is 0 Å². The normalized spacial score (nSPS) is 13.2. The fraction of sp³-hybridized carbons (Fsp3) is 0.545. The summed E-state index contributed by atoms with van der Waals surface area (Å²) in [6.07, 6.45) is 2.94. The molecular formula is C11H17N3O3. The van der Waals surface area contributed by atoms with Crippen molar-refractivity contribution in [2.45, 2.75) is 26.8 Å². The van der Waals surface area contributed by atoms with Crippen LogP contribution < -0.4 is 5.32 Å². The molecule has 0 saturated heterocycles. The lowest BCUT2D eigenvalue weighted by Gasteiger charge is -2.27. The molecule has 1 rings (SSSR count). The van der Waals surface area contributed by atoms with Crippen LogP contribution in [0.5, 0.6) is 0 Å². The number of carboxylic acid groups (broad SMARTS) is 1. The number of aromatic nitrogens is 2. The molecule has 1 heterocycles. The first-order valence-electron chi connectivity index (χ1n) is 5.24. The van der Waals surface area contributed by atoms with Crippen molar-refractivity contribution in [2.75, 3.05) is 0 Å². The molecular weight excluding hydrogens is 222 g/mol. The highest BCUT2D eigenvalue weighted by Crippen LogP contribution is 2.19. The summed E-state index contributed by atoms with van der Waals surface area (Å²) in [6.45, 7) is 5.28. The Morgan fingerprint density at radius 2 is 2.06 bits per heavy atom. The fourth-order valence-corrected chi connectivity index (χ4v) is 1.40. The number of carbonyl (C=O) groups excluding carboxylic acids is 1. The Kier molecular flexibility index (Phi) is 3.55. The minimum absolute atomic E-state index is 0.350. The number of amides is 1. The number of rotatable bonds is 3. The van der Waals surface area contributed by atoms with Crippen molar-refractivity contribution in [3.63, 3.8) is 0 Å². The van der Waals surface area contributed by atoms with Crippen LogP contribution >= 0.6 is 0 Å². The molecule has 0 aromatic carbocycles. The van der Waals surface area contributed by atoms with Crippen molar-refractivity contribution in [1.82, 2.24) is 15.1 Å². The first-order chi connectivity index (χ1) is 7.71. The molecule has 0 radical (unpaired) electrons. The van der Waals surface area contributed by atoms with E-state index < -0.39 is 23.3 Å². The predicted octanol–water partition coefficient (Wildman–Crippen LogP) is 0.649. The Labute approximate surface area is 99.6 Å². The number of aliphatic carboxylic acids is 1. The quantitative estimate of drug-likeness (QED) is 0.811. The molecule has 0 spiro atoms. The van der Waals surface area contributed by atoms with Gasteiger partial charge in [0.1, 0.15) is 6.04 Å². The number of hydrogen-bond donors (Lipinski definition) is 2. The molecule has 6 nitrogen and oxygen atoms in total. The maximum atomic E-state index is 11.8. The predicted molar refractivity (Wildman–Crippen MR) is 61.6 cm³/mol. The van der Waals surface area contributed by atoms with Crippen molar-refractivity contribution >= 4 is 11.9 Å². The van der Waals surface area contributed by atoms with Crippen LogP contribution in [0.2, 0.25) is 0 Å². The molecule has 2 N–H and O–H groups in total. The summed E-state index contributed by atoms with van der Waals surface area (Å²) in [4.78, 5) is 22.9. The Morgan fingerprint density at radius 1 is 1.47 bits per heavy atom. The summed E-state index contributed by atoms with van der Waals surface area (Å²) in [7, 11) is 1.69. The third kappa shape index (κ3) is 3.30. The second-order valence-corrected chi connectivity index (χ2v) is 5.01. The Balaban J connectivity index is 2.82. The summed E-state index contributed by atoms with van der Waals surface area (Å²) < 4.78 is 1.49. The van der Waals surface area contributed by atoms with Gasteiger partial charge in [0.05, 0.1) is 11.8 Å². The van der Waals surface area contributed by atoms with Crippen LogP contribution in [0, 0.1) is 5.41 Å². The highest BCUT2D eigenvalue weighted by molar-refractivity contribution is 5.96. The van der Waals surface area contributed by atoms with Gasteiger partial charge in [-0.15, -0.1) is 0 Å². The Hall–Kier alpha value is -1.85. The monoisotopic (exact) mass is 239 g/mol. The lowest BCUT2D eigenvalue weighted by Crippen LogP contribution is -2.49. The van der Waals surface area contributed by atoms with Crippen molar-refractivity contribution in [1.29, 1.82) is 0 Å². The maximum Gasteiger partial charge on any atom is 0.326 e. The molecule has 0 aliphatic rings. The van der Waals surface area contributed by atoms with Crippen LogP contribution in [0.25, 0.3) is 0 Å². The molecule has 6 heteroatoms. The van der Waals surface area contributed by atoms with Gasteiger partial charge in [-0.3, -0.25) is 9.48 Å². The van der Waals surface area contributed by atoms with Gasteiger partial charge in [-0.2, -0.15) is 5.10 Å². The molecule has 0 aliphatic carbocycles. The zero-order valence-corrected chi connectivity index (χ0v) is 10.4. The standard InChI is InChI=1S/C11H17N3O3/c1-11(2,3)8(10(16)17)13-9(15)7-5-12-14(4)6-7/h5-6,8H,1-4H3,(H,13,15)(H,16,17). The van der Waals surface area contributed by atoms with Gasteiger partial charge in [-0.25, -0.2) is 4.79 Å². The number of carboxylic acids is 1. The molecule has 0 aliphatic heterocycles. The van der Waals surface area contributed by atoms with E-state index in [4.69, 9.17) is 5.11 Å². The van der Waals surface area contributed by atoms with Gasteiger partial charge in [-0.05, 0) is 5.41 Å². The van der Waals surface area contributed by atoms with Gasteiger partial charge < -0.3 is 10.4 Å². The molecule has 1 aromatic heterocycles. The first kappa shape index (κ1) is 13.2. The fourth-order valence-electron chi connectivity index (χ4n) is 1.40. The van der Waals surface area contributed by atoms with Crippen LogP contribution in [-0.4, -0.2) is 32.8 Å². The minimum Gasteiger partial charge on any atom is -0.480 e. The molecule has 17 heavy (non-hydrogen) atoms. The number of carbonyl (C=O) groups is 2. The number of aryl methyl sites for hydroxylation is 1. The summed E-state index contributed by atoms with van der Waals surface area (Å²) in [6, 6.07) is -0.935. The SMILES string of the molecule is Cn1cc(C(=O)NC(C(=O)O)C(C)(C)C)cn1. The average Bonchev–Trinajstić information content (AvgIpc) is 2.58. The van der Waals surface area contributed by atoms with E-state index in [0.29, 0.717) is 5.56 Å². The molecule has 1 atom stereocenters. The lowest BCUT2D eigenvalue weighted by atomic mass is 9.86. The van der Waals surface area contributed by atoms with Gasteiger partial charge >= 0.3 is 5.97 Å². The number of nitrogens with one attached hydrogen (secondary N) is 1. The summed E-state index contributed by atoms with van der Waals surface area (Å²) in [5.41, 5.74) is -0.202. The third-order valence-electron chi connectivity index (χ3n) is 2.36. The van der Waals surface area contributed by atoms with E-state index in [1.807, 2.05) is 0 Å². The zero-order valence-electron chi connectivity index (χ0n) is 10.4. The highest BCUT2D eigenvalue weighted by Gasteiger charge is 2.32. The highest BCUT2D eigenvalue weighted by atomic mass is 16.4. The molecule has 0 fully saturated rings. The van der Waals surface area contributed by atoms with E-state index in [9.17, 15) is 9.59 Å². The van der Waals surface area contributed by atoms with E-state index >= 15 is 0 Å². The van der Waals surface area contributed by atoms with Crippen LogP contribution in [0.15, 0.2) is 12.4 Å². The van der Waals surface area contributed by atoms with E-state index in [-0.39, 0.29) is 0 Å². The molecule has 1 unspecified atom stereocenters. The lowest BCUT2D eigenvalue weighted by molar-refractivity contribution is -0.142. The average molecular weight is 239 g/mol. The molecule has 1 amide bonds. The van der Waals surface area contributed by atoms with E-state index in [1.54, 1.807) is 27.8 Å². The Bertz CT molecular complexity index is 431. The topological polar surface area (TPSA) is 84.2 Å².